The van der Waals surface area contributed by atoms with Crippen molar-refractivity contribution in [2.45, 2.75) is 37.9 Å². The first-order valence-corrected chi connectivity index (χ1v) is 3.77. The highest BCUT2D eigenvalue weighted by atomic mass is 19.4. The van der Waals surface area contributed by atoms with Gasteiger partial charge in [0.25, 0.3) is 0 Å². The summed E-state index contributed by atoms with van der Waals surface area (Å²) >= 11 is 0. The van der Waals surface area contributed by atoms with Crippen LogP contribution in [-0.2, 0) is 0 Å². The van der Waals surface area contributed by atoms with E-state index in [9.17, 15) is 13.2 Å². The summed E-state index contributed by atoms with van der Waals surface area (Å²) in [6.45, 7) is 1.49. The Balaban J connectivity index is 2.73. The van der Waals surface area contributed by atoms with Gasteiger partial charge in [-0.3, -0.25) is 0 Å². The molecule has 1 unspecified atom stereocenters. The second kappa shape index (κ2) is 2.37. The minimum atomic E-state index is -4.23. The Morgan fingerprint density at radius 2 is 1.82 bits per heavy atom. The summed E-state index contributed by atoms with van der Waals surface area (Å²) in [7, 11) is 0. The Morgan fingerprint density at radius 1 is 1.36 bits per heavy atom. The Labute approximate surface area is 63.8 Å². The lowest BCUT2D eigenvalue weighted by Gasteiger charge is -2.30. The van der Waals surface area contributed by atoms with Crippen LogP contribution in [0.1, 0.15) is 26.2 Å². The fourth-order valence-corrected chi connectivity index (χ4v) is 1.32. The summed E-state index contributed by atoms with van der Waals surface area (Å²) in [4.78, 5) is 0. The van der Waals surface area contributed by atoms with Gasteiger partial charge in [0.15, 0.2) is 0 Å². The highest BCUT2D eigenvalue weighted by Gasteiger charge is 2.58. The highest BCUT2D eigenvalue weighted by molar-refractivity contribution is 5.02. The zero-order chi connectivity index (χ0) is 8.70. The summed E-state index contributed by atoms with van der Waals surface area (Å²) in [6.07, 6.45) is -2.99. The number of halogens is 3. The maximum absolute atomic E-state index is 12.3. The molecule has 0 bridgehead atoms. The third-order valence-corrected chi connectivity index (χ3v) is 2.42. The second-order valence-corrected chi connectivity index (χ2v) is 3.17. The summed E-state index contributed by atoms with van der Waals surface area (Å²) in [6, 6.07) is 0. The predicted octanol–water partition coefficient (Wildman–Crippen LogP) is 2.07. The molecule has 0 radical (unpaired) electrons. The zero-order valence-corrected chi connectivity index (χ0v) is 6.41. The van der Waals surface area contributed by atoms with Crippen molar-refractivity contribution in [3.05, 3.63) is 0 Å². The van der Waals surface area contributed by atoms with Crippen molar-refractivity contribution < 1.29 is 13.2 Å². The van der Waals surface area contributed by atoms with Crippen LogP contribution in [0, 0.1) is 5.92 Å². The lowest BCUT2D eigenvalue weighted by atomic mass is 9.91. The van der Waals surface area contributed by atoms with E-state index in [0.29, 0.717) is 12.8 Å². The lowest BCUT2D eigenvalue weighted by molar-refractivity contribution is -0.193. The van der Waals surface area contributed by atoms with Crippen LogP contribution >= 0.6 is 0 Å². The van der Waals surface area contributed by atoms with Crippen LogP contribution < -0.4 is 5.73 Å². The molecule has 11 heavy (non-hydrogen) atoms. The molecular formula is C7H12F3N. The van der Waals surface area contributed by atoms with E-state index in [2.05, 4.69) is 0 Å². The minimum Gasteiger partial charge on any atom is -0.317 e. The van der Waals surface area contributed by atoms with E-state index < -0.39 is 11.7 Å². The molecule has 0 heterocycles. The van der Waals surface area contributed by atoms with Gasteiger partial charge >= 0.3 is 6.18 Å². The first kappa shape index (κ1) is 8.84. The van der Waals surface area contributed by atoms with Crippen LogP contribution in [-0.4, -0.2) is 11.7 Å². The third-order valence-electron chi connectivity index (χ3n) is 2.42. The smallest absolute Gasteiger partial charge is 0.317 e. The summed E-state index contributed by atoms with van der Waals surface area (Å²) in [5.41, 5.74) is 3.34. The molecule has 1 fully saturated rings. The van der Waals surface area contributed by atoms with Crippen LogP contribution in [0.2, 0.25) is 0 Å². The molecule has 4 heteroatoms. The zero-order valence-electron chi connectivity index (χ0n) is 6.41. The van der Waals surface area contributed by atoms with Gasteiger partial charge in [-0.25, -0.2) is 0 Å². The van der Waals surface area contributed by atoms with E-state index in [4.69, 9.17) is 5.73 Å². The van der Waals surface area contributed by atoms with Crippen LogP contribution in [0.15, 0.2) is 0 Å². The first-order valence-electron chi connectivity index (χ1n) is 3.77. The number of rotatable bonds is 2. The average molecular weight is 167 g/mol. The summed E-state index contributed by atoms with van der Waals surface area (Å²) in [5.74, 6) is -0.326. The molecule has 1 aliphatic rings. The molecule has 1 nitrogen and oxygen atoms in total. The topological polar surface area (TPSA) is 26.0 Å². The molecule has 0 spiro atoms. The standard InChI is InChI=1S/C7H12F3N/c1-2-6(11,5-3-4-5)7(8,9)10/h5H,2-4,11H2,1H3. The van der Waals surface area contributed by atoms with Crippen LogP contribution in [0.4, 0.5) is 13.2 Å². The molecule has 0 amide bonds. The second-order valence-electron chi connectivity index (χ2n) is 3.17. The Morgan fingerprint density at radius 3 is 1.91 bits per heavy atom. The van der Waals surface area contributed by atoms with Crippen LogP contribution in [0.25, 0.3) is 0 Å². The van der Waals surface area contributed by atoms with Gasteiger partial charge in [-0.1, -0.05) is 6.92 Å². The maximum atomic E-state index is 12.3. The van der Waals surface area contributed by atoms with Gasteiger partial charge in [0, 0.05) is 0 Å². The normalized spacial score (nSPS) is 24.8. The predicted molar refractivity (Wildman–Crippen MR) is 36.0 cm³/mol. The number of nitrogens with two attached hydrogens (primary N) is 1. The molecule has 0 aromatic heterocycles. The molecule has 0 saturated heterocycles. The van der Waals surface area contributed by atoms with E-state index in [1.807, 2.05) is 0 Å². The number of alkyl halides is 3. The molecule has 1 atom stereocenters. The van der Waals surface area contributed by atoms with Gasteiger partial charge < -0.3 is 5.73 Å². The van der Waals surface area contributed by atoms with E-state index in [0.717, 1.165) is 0 Å². The highest BCUT2D eigenvalue weighted by Crippen LogP contribution is 2.48. The van der Waals surface area contributed by atoms with Crippen molar-refractivity contribution in [2.24, 2.45) is 11.7 Å². The molecule has 1 rings (SSSR count). The molecular weight excluding hydrogens is 155 g/mol. The first-order chi connectivity index (χ1) is 4.92. The monoisotopic (exact) mass is 167 g/mol. The van der Waals surface area contributed by atoms with Gasteiger partial charge in [0.2, 0.25) is 0 Å². The molecule has 1 saturated carbocycles. The molecule has 66 valence electrons. The van der Waals surface area contributed by atoms with Crippen LogP contribution in [0.3, 0.4) is 0 Å². The van der Waals surface area contributed by atoms with E-state index in [-0.39, 0.29) is 12.3 Å². The molecule has 2 N–H and O–H groups in total. The van der Waals surface area contributed by atoms with Crippen molar-refractivity contribution >= 4 is 0 Å². The van der Waals surface area contributed by atoms with Gasteiger partial charge in [-0.15, -0.1) is 0 Å². The minimum absolute atomic E-state index is 0.0127. The Kier molecular flexibility index (Phi) is 1.90. The van der Waals surface area contributed by atoms with E-state index in [1.54, 1.807) is 0 Å². The quantitative estimate of drug-likeness (QED) is 0.669. The SMILES string of the molecule is CCC(N)(C1CC1)C(F)(F)F. The van der Waals surface area contributed by atoms with Crippen molar-refractivity contribution in [3.8, 4) is 0 Å². The van der Waals surface area contributed by atoms with E-state index in [1.165, 1.54) is 6.92 Å². The molecule has 0 aromatic rings. The largest absolute Gasteiger partial charge is 0.406 e. The Hall–Kier alpha value is -0.250. The van der Waals surface area contributed by atoms with Crippen LogP contribution in [0.5, 0.6) is 0 Å². The third kappa shape index (κ3) is 1.36. The fourth-order valence-electron chi connectivity index (χ4n) is 1.32. The van der Waals surface area contributed by atoms with Gasteiger partial charge in [0.1, 0.15) is 5.54 Å². The summed E-state index contributed by atoms with van der Waals surface area (Å²) < 4.78 is 36.8. The van der Waals surface area contributed by atoms with Gasteiger partial charge in [-0.2, -0.15) is 13.2 Å². The molecule has 1 aliphatic carbocycles. The Bertz CT molecular complexity index is 150. The fraction of sp³-hybridized carbons (Fsp3) is 1.00. The van der Waals surface area contributed by atoms with Crippen molar-refractivity contribution in [1.82, 2.24) is 0 Å². The number of hydrogen-bond acceptors (Lipinski definition) is 1. The van der Waals surface area contributed by atoms with Crippen molar-refractivity contribution in [2.75, 3.05) is 0 Å². The van der Waals surface area contributed by atoms with Crippen molar-refractivity contribution in [1.29, 1.82) is 0 Å². The average Bonchev–Trinajstić information content (AvgIpc) is 2.64. The molecule has 0 aromatic carbocycles. The van der Waals surface area contributed by atoms with Crippen molar-refractivity contribution in [3.63, 3.8) is 0 Å². The number of hydrogen-bond donors (Lipinski definition) is 1. The maximum Gasteiger partial charge on any atom is 0.406 e. The van der Waals surface area contributed by atoms with E-state index >= 15 is 0 Å². The summed E-state index contributed by atoms with van der Waals surface area (Å²) in [5, 5.41) is 0. The lowest BCUT2D eigenvalue weighted by Crippen LogP contribution is -2.54. The van der Waals surface area contributed by atoms with Gasteiger partial charge in [-0.05, 0) is 25.2 Å². The van der Waals surface area contributed by atoms with Gasteiger partial charge in [0.05, 0.1) is 0 Å². The molecule has 0 aliphatic heterocycles.